The summed E-state index contributed by atoms with van der Waals surface area (Å²) < 4.78 is 9.99. The number of hydrogen-bond donors (Lipinski definition) is 1. The molecule has 0 aliphatic carbocycles. The molecule has 1 unspecified atom stereocenters. The van der Waals surface area contributed by atoms with Gasteiger partial charge in [-0.1, -0.05) is 5.16 Å². The van der Waals surface area contributed by atoms with Gasteiger partial charge in [-0.15, -0.1) is 11.3 Å². The molecule has 1 aliphatic heterocycles. The summed E-state index contributed by atoms with van der Waals surface area (Å²) in [6.07, 6.45) is 3.05. The lowest BCUT2D eigenvalue weighted by atomic mass is 9.96. The maximum atomic E-state index is 12.8. The lowest BCUT2D eigenvalue weighted by Crippen LogP contribution is -2.41. The lowest BCUT2D eigenvalue weighted by Gasteiger charge is -2.33. The molecule has 4 rings (SSSR count). The van der Waals surface area contributed by atoms with E-state index < -0.39 is 5.97 Å². The number of amides is 1. The van der Waals surface area contributed by atoms with Gasteiger partial charge >= 0.3 is 5.97 Å². The third kappa shape index (κ3) is 3.31. The maximum Gasteiger partial charge on any atom is 0.350 e. The Morgan fingerprint density at radius 1 is 1.39 bits per heavy atom. The van der Waals surface area contributed by atoms with Gasteiger partial charge in [-0.2, -0.15) is 4.98 Å². The molecule has 1 saturated heterocycles. The first-order valence-electron chi connectivity index (χ1n) is 8.87. The van der Waals surface area contributed by atoms with Crippen molar-refractivity contribution in [2.45, 2.75) is 19.8 Å². The number of aryl methyl sites for hydroxylation is 1. The number of nitrogens with one attached hydrogen (secondary N) is 1. The molecular weight excluding hydrogens is 382 g/mol. The van der Waals surface area contributed by atoms with Crippen LogP contribution in [0.3, 0.4) is 0 Å². The first kappa shape index (κ1) is 18.4. The predicted molar refractivity (Wildman–Crippen MR) is 104 cm³/mol. The van der Waals surface area contributed by atoms with E-state index in [1.807, 2.05) is 6.92 Å². The van der Waals surface area contributed by atoms with Gasteiger partial charge in [0.2, 0.25) is 5.91 Å². The number of aromatic nitrogens is 3. The van der Waals surface area contributed by atoms with Crippen LogP contribution < -0.4 is 10.2 Å². The van der Waals surface area contributed by atoms with Crippen molar-refractivity contribution in [1.29, 1.82) is 0 Å². The number of rotatable bonds is 4. The second kappa shape index (κ2) is 7.55. The molecule has 146 valence electrons. The van der Waals surface area contributed by atoms with Gasteiger partial charge < -0.3 is 19.5 Å². The predicted octanol–water partition coefficient (Wildman–Crippen LogP) is 2.63. The van der Waals surface area contributed by atoms with Crippen LogP contribution in [0.4, 0.5) is 11.5 Å². The Labute approximate surface area is 164 Å². The average molecular weight is 401 g/mol. The first-order chi connectivity index (χ1) is 13.6. The molecule has 9 nitrogen and oxygen atoms in total. The Morgan fingerprint density at radius 2 is 2.25 bits per heavy atom. The van der Waals surface area contributed by atoms with Crippen LogP contribution in [0.5, 0.6) is 0 Å². The van der Waals surface area contributed by atoms with E-state index in [0.29, 0.717) is 22.8 Å². The summed E-state index contributed by atoms with van der Waals surface area (Å²) in [7, 11) is 1.32. The zero-order chi connectivity index (χ0) is 19.7. The molecule has 1 atom stereocenters. The number of piperidine rings is 1. The van der Waals surface area contributed by atoms with Gasteiger partial charge in [0.25, 0.3) is 5.71 Å². The molecule has 0 radical (unpaired) electrons. The number of ether oxygens (including phenoxy) is 1. The van der Waals surface area contributed by atoms with Crippen LogP contribution in [-0.4, -0.2) is 47.2 Å². The molecule has 10 heteroatoms. The van der Waals surface area contributed by atoms with E-state index in [4.69, 9.17) is 9.26 Å². The number of thiophene rings is 1. The van der Waals surface area contributed by atoms with Crippen molar-refractivity contribution in [2.75, 3.05) is 30.4 Å². The summed E-state index contributed by atoms with van der Waals surface area (Å²) in [5, 5.41) is 9.36. The zero-order valence-corrected chi connectivity index (χ0v) is 16.3. The third-order valence-electron chi connectivity index (χ3n) is 4.81. The van der Waals surface area contributed by atoms with Gasteiger partial charge in [-0.25, -0.2) is 9.78 Å². The van der Waals surface area contributed by atoms with Crippen molar-refractivity contribution in [3.63, 3.8) is 0 Å². The highest BCUT2D eigenvalue weighted by atomic mass is 32.1. The number of methoxy groups -OCH3 is 1. The van der Waals surface area contributed by atoms with E-state index in [2.05, 4.69) is 25.3 Å². The Hall–Kier alpha value is -3.01. The summed E-state index contributed by atoms with van der Waals surface area (Å²) in [6, 6.07) is 1.71. The number of nitrogens with zero attached hydrogens (tertiary/aromatic N) is 4. The standard InChI is InChI=1S/C18H19N5O4S/c1-10-13-15(19-9-20-17(13)27-22-10)23-6-3-4-11(8-23)16(24)21-12-5-7-28-14(12)18(25)26-2/h5,7,9,11H,3-4,6,8H2,1-2H3,(H,21,24). The van der Waals surface area contributed by atoms with Crippen LogP contribution in [0.1, 0.15) is 28.2 Å². The fourth-order valence-corrected chi connectivity index (χ4v) is 4.19. The highest BCUT2D eigenvalue weighted by Gasteiger charge is 2.29. The molecule has 0 spiro atoms. The number of carbonyl (C=O) groups is 2. The Kier molecular flexibility index (Phi) is 4.95. The summed E-state index contributed by atoms with van der Waals surface area (Å²) in [4.78, 5) is 35.6. The molecular formula is C18H19N5O4S. The van der Waals surface area contributed by atoms with Crippen LogP contribution in [0.25, 0.3) is 11.1 Å². The molecule has 1 aliphatic rings. The fraction of sp³-hybridized carbons (Fsp3) is 0.389. The van der Waals surface area contributed by atoms with Gasteiger partial charge in [0.15, 0.2) is 0 Å². The van der Waals surface area contributed by atoms with Gasteiger partial charge in [0.05, 0.1) is 24.4 Å². The quantitative estimate of drug-likeness (QED) is 0.664. The van der Waals surface area contributed by atoms with Crippen molar-refractivity contribution < 1.29 is 18.8 Å². The van der Waals surface area contributed by atoms with Crippen LogP contribution in [-0.2, 0) is 9.53 Å². The Bertz CT molecular complexity index is 1030. The number of hydrogen-bond acceptors (Lipinski definition) is 9. The molecule has 4 heterocycles. The average Bonchev–Trinajstić information content (AvgIpc) is 3.34. The summed E-state index contributed by atoms with van der Waals surface area (Å²) in [6.45, 7) is 3.14. The minimum Gasteiger partial charge on any atom is -0.465 e. The van der Waals surface area contributed by atoms with Crippen molar-refractivity contribution in [2.24, 2.45) is 5.92 Å². The van der Waals surface area contributed by atoms with Crippen molar-refractivity contribution in [1.82, 2.24) is 15.1 Å². The molecule has 1 amide bonds. The smallest absolute Gasteiger partial charge is 0.350 e. The number of carbonyl (C=O) groups excluding carboxylic acids is 2. The van der Waals surface area contributed by atoms with E-state index in [-0.39, 0.29) is 11.8 Å². The topological polar surface area (TPSA) is 110 Å². The zero-order valence-electron chi connectivity index (χ0n) is 15.5. The second-order valence-electron chi connectivity index (χ2n) is 6.57. The number of fused-ring (bicyclic) bond motifs is 1. The van der Waals surface area contributed by atoms with Gasteiger partial charge in [-0.05, 0) is 31.2 Å². The van der Waals surface area contributed by atoms with E-state index in [1.54, 1.807) is 11.4 Å². The minimum absolute atomic E-state index is 0.124. The van der Waals surface area contributed by atoms with E-state index in [9.17, 15) is 9.59 Å². The molecule has 1 fully saturated rings. The van der Waals surface area contributed by atoms with Crippen LogP contribution in [0.15, 0.2) is 22.3 Å². The summed E-state index contributed by atoms with van der Waals surface area (Å²) >= 11 is 1.24. The molecule has 28 heavy (non-hydrogen) atoms. The Morgan fingerprint density at radius 3 is 3.07 bits per heavy atom. The van der Waals surface area contributed by atoms with Crippen molar-refractivity contribution in [3.8, 4) is 0 Å². The van der Waals surface area contributed by atoms with Gasteiger partial charge in [-0.3, -0.25) is 4.79 Å². The molecule has 1 N–H and O–H groups in total. The monoisotopic (exact) mass is 401 g/mol. The highest BCUT2D eigenvalue weighted by molar-refractivity contribution is 7.12. The van der Waals surface area contributed by atoms with Gasteiger partial charge in [0, 0.05) is 13.1 Å². The summed E-state index contributed by atoms with van der Waals surface area (Å²) in [5.74, 6) is -0.0844. The highest BCUT2D eigenvalue weighted by Crippen LogP contribution is 2.30. The van der Waals surface area contributed by atoms with E-state index in [0.717, 1.165) is 36.3 Å². The van der Waals surface area contributed by atoms with Crippen LogP contribution >= 0.6 is 11.3 Å². The number of anilines is 2. The largest absolute Gasteiger partial charge is 0.465 e. The van der Waals surface area contributed by atoms with Crippen LogP contribution in [0, 0.1) is 12.8 Å². The van der Waals surface area contributed by atoms with Crippen LogP contribution in [0.2, 0.25) is 0 Å². The molecule has 0 saturated carbocycles. The molecule has 0 bridgehead atoms. The molecule has 3 aromatic heterocycles. The van der Waals surface area contributed by atoms with E-state index in [1.165, 1.54) is 24.8 Å². The molecule has 3 aromatic rings. The summed E-state index contributed by atoms with van der Waals surface area (Å²) in [5.41, 5.74) is 1.64. The van der Waals surface area contributed by atoms with Crippen molar-refractivity contribution in [3.05, 3.63) is 28.3 Å². The minimum atomic E-state index is -0.457. The third-order valence-corrected chi connectivity index (χ3v) is 5.70. The first-order valence-corrected chi connectivity index (χ1v) is 9.75. The van der Waals surface area contributed by atoms with Gasteiger partial charge in [0.1, 0.15) is 22.4 Å². The number of esters is 1. The lowest BCUT2D eigenvalue weighted by molar-refractivity contribution is -0.120. The van der Waals surface area contributed by atoms with E-state index >= 15 is 0 Å². The maximum absolute atomic E-state index is 12.8. The Balaban J connectivity index is 1.52. The van der Waals surface area contributed by atoms with Crippen molar-refractivity contribution >= 4 is 45.8 Å². The normalized spacial score (nSPS) is 16.9. The molecule has 0 aromatic carbocycles. The second-order valence-corrected chi connectivity index (χ2v) is 7.49. The fourth-order valence-electron chi connectivity index (χ4n) is 3.42. The SMILES string of the molecule is COC(=O)c1sccc1NC(=O)C1CCCN(c2ncnc3onc(C)c23)C1.